The van der Waals surface area contributed by atoms with Crippen LogP contribution in [0.5, 0.6) is 17.2 Å². The van der Waals surface area contributed by atoms with Gasteiger partial charge in [-0.2, -0.15) is 0 Å². The molecule has 2 aliphatic rings. The van der Waals surface area contributed by atoms with E-state index in [-0.39, 0.29) is 12.0 Å². The Balaban J connectivity index is 1.27. The van der Waals surface area contributed by atoms with Crippen molar-refractivity contribution in [1.82, 2.24) is 0 Å². The fourth-order valence-corrected chi connectivity index (χ4v) is 5.17. The molecular formula is C30H27NO3. The molecule has 0 bridgehead atoms. The summed E-state index contributed by atoms with van der Waals surface area (Å²) in [6, 6.07) is 33.8. The molecule has 0 amide bonds. The van der Waals surface area contributed by atoms with Crippen LogP contribution in [0.3, 0.4) is 0 Å². The molecule has 4 aromatic rings. The minimum Gasteiger partial charge on any atom is -0.497 e. The lowest BCUT2D eigenvalue weighted by Gasteiger charge is -2.35. The van der Waals surface area contributed by atoms with Gasteiger partial charge in [0.2, 0.25) is 0 Å². The zero-order chi connectivity index (χ0) is 22.9. The number of methoxy groups -OCH3 is 1. The summed E-state index contributed by atoms with van der Waals surface area (Å²) in [5.41, 5.74) is 6.21. The number of rotatable bonds is 6. The van der Waals surface area contributed by atoms with Gasteiger partial charge in [0, 0.05) is 23.7 Å². The molecule has 0 radical (unpaired) electrons. The van der Waals surface area contributed by atoms with E-state index in [1.165, 1.54) is 27.9 Å². The van der Waals surface area contributed by atoms with Gasteiger partial charge >= 0.3 is 0 Å². The highest BCUT2D eigenvalue weighted by atomic mass is 16.5. The third-order valence-electron chi connectivity index (χ3n) is 6.84. The van der Waals surface area contributed by atoms with Crippen molar-refractivity contribution in [2.45, 2.75) is 25.1 Å². The number of hydrogen-bond acceptors (Lipinski definition) is 4. The summed E-state index contributed by atoms with van der Waals surface area (Å²) in [6.07, 6.45) is 0. The number of anilines is 1. The molecule has 2 atom stereocenters. The first-order valence-corrected chi connectivity index (χ1v) is 11.7. The van der Waals surface area contributed by atoms with E-state index in [1.54, 1.807) is 7.11 Å². The Labute approximate surface area is 200 Å². The van der Waals surface area contributed by atoms with E-state index < -0.39 is 0 Å². The van der Waals surface area contributed by atoms with E-state index >= 15 is 0 Å². The average molecular weight is 450 g/mol. The van der Waals surface area contributed by atoms with Crippen LogP contribution in [-0.4, -0.2) is 13.7 Å². The number of fused-ring (bicyclic) bond motifs is 5. The first-order chi connectivity index (χ1) is 16.8. The van der Waals surface area contributed by atoms with Crippen LogP contribution < -0.4 is 19.1 Å². The topological polar surface area (TPSA) is 30.9 Å². The molecule has 2 heterocycles. The van der Waals surface area contributed by atoms with Crippen molar-refractivity contribution in [3.05, 3.63) is 119 Å². The zero-order valence-corrected chi connectivity index (χ0v) is 19.2. The third-order valence-corrected chi connectivity index (χ3v) is 6.84. The second kappa shape index (κ2) is 8.79. The van der Waals surface area contributed by atoms with Crippen LogP contribution in [0.2, 0.25) is 0 Å². The van der Waals surface area contributed by atoms with Crippen LogP contribution in [-0.2, 0) is 13.2 Å². The van der Waals surface area contributed by atoms with Crippen molar-refractivity contribution in [2.24, 2.45) is 0 Å². The Morgan fingerprint density at radius 3 is 2.38 bits per heavy atom. The fraction of sp³-hybridized carbons (Fsp3) is 0.200. The van der Waals surface area contributed by atoms with Crippen molar-refractivity contribution in [3.8, 4) is 17.2 Å². The second-order valence-electron chi connectivity index (χ2n) is 8.87. The first-order valence-electron chi connectivity index (χ1n) is 11.7. The predicted molar refractivity (Wildman–Crippen MR) is 134 cm³/mol. The fourth-order valence-electron chi connectivity index (χ4n) is 5.17. The quantitative estimate of drug-likeness (QED) is 0.336. The Morgan fingerprint density at radius 2 is 1.56 bits per heavy atom. The Morgan fingerprint density at radius 1 is 0.794 bits per heavy atom. The Kier molecular flexibility index (Phi) is 5.34. The average Bonchev–Trinajstić information content (AvgIpc) is 3.22. The first kappa shape index (κ1) is 20.7. The lowest BCUT2D eigenvalue weighted by molar-refractivity contribution is 0.242. The SMILES string of the molecule is COc1ccc2c(c1)C1COc3ccccc3C1N2Cc1ccc(OCc2ccccc2)cc1. The number of nitrogens with zero attached hydrogens (tertiary/aromatic N) is 1. The van der Waals surface area contributed by atoms with Gasteiger partial charge in [-0.1, -0.05) is 60.7 Å². The Bertz CT molecular complexity index is 1290. The monoisotopic (exact) mass is 449 g/mol. The second-order valence-corrected chi connectivity index (χ2v) is 8.87. The molecule has 2 unspecified atom stereocenters. The molecule has 0 spiro atoms. The van der Waals surface area contributed by atoms with Gasteiger partial charge in [0.25, 0.3) is 0 Å². The van der Waals surface area contributed by atoms with Crippen molar-refractivity contribution in [3.63, 3.8) is 0 Å². The highest BCUT2D eigenvalue weighted by Gasteiger charge is 2.43. The summed E-state index contributed by atoms with van der Waals surface area (Å²) < 4.78 is 17.7. The van der Waals surface area contributed by atoms with Gasteiger partial charge in [0.1, 0.15) is 23.9 Å². The molecule has 0 aliphatic carbocycles. The molecule has 2 aliphatic heterocycles. The van der Waals surface area contributed by atoms with E-state index in [2.05, 4.69) is 77.7 Å². The molecule has 4 aromatic carbocycles. The van der Waals surface area contributed by atoms with E-state index in [9.17, 15) is 0 Å². The summed E-state index contributed by atoms with van der Waals surface area (Å²) >= 11 is 0. The minimum absolute atomic E-state index is 0.237. The number of ether oxygens (including phenoxy) is 3. The molecule has 4 heteroatoms. The largest absolute Gasteiger partial charge is 0.497 e. The predicted octanol–water partition coefficient (Wildman–Crippen LogP) is 6.51. The van der Waals surface area contributed by atoms with Gasteiger partial charge in [0.05, 0.1) is 19.8 Å². The van der Waals surface area contributed by atoms with Crippen molar-refractivity contribution in [2.75, 3.05) is 18.6 Å². The highest BCUT2D eigenvalue weighted by Crippen LogP contribution is 2.54. The summed E-state index contributed by atoms with van der Waals surface area (Å²) in [6.45, 7) is 2.06. The molecule has 0 saturated carbocycles. The maximum Gasteiger partial charge on any atom is 0.124 e. The van der Waals surface area contributed by atoms with Crippen LogP contribution in [0.1, 0.15) is 34.2 Å². The zero-order valence-electron chi connectivity index (χ0n) is 19.2. The van der Waals surface area contributed by atoms with E-state index in [0.29, 0.717) is 13.2 Å². The van der Waals surface area contributed by atoms with E-state index in [0.717, 1.165) is 23.8 Å². The lowest BCUT2D eigenvalue weighted by atomic mass is 9.88. The van der Waals surface area contributed by atoms with Gasteiger partial charge in [0.15, 0.2) is 0 Å². The number of hydrogen-bond donors (Lipinski definition) is 0. The summed E-state index contributed by atoms with van der Waals surface area (Å²) in [7, 11) is 1.72. The summed E-state index contributed by atoms with van der Waals surface area (Å²) in [4.78, 5) is 2.51. The molecule has 34 heavy (non-hydrogen) atoms. The maximum atomic E-state index is 6.16. The molecule has 0 saturated heterocycles. The smallest absolute Gasteiger partial charge is 0.124 e. The molecule has 4 nitrogen and oxygen atoms in total. The molecule has 170 valence electrons. The maximum absolute atomic E-state index is 6.16. The molecule has 0 N–H and O–H groups in total. The van der Waals surface area contributed by atoms with Crippen LogP contribution in [0.25, 0.3) is 0 Å². The highest BCUT2D eigenvalue weighted by molar-refractivity contribution is 5.67. The van der Waals surface area contributed by atoms with Crippen molar-refractivity contribution in [1.29, 1.82) is 0 Å². The van der Waals surface area contributed by atoms with E-state index in [4.69, 9.17) is 14.2 Å². The Hall–Kier alpha value is -3.92. The van der Waals surface area contributed by atoms with Crippen LogP contribution in [0.4, 0.5) is 5.69 Å². The van der Waals surface area contributed by atoms with Crippen molar-refractivity contribution < 1.29 is 14.2 Å². The lowest BCUT2D eigenvalue weighted by Crippen LogP contribution is -2.31. The summed E-state index contributed by atoms with van der Waals surface area (Å²) in [5, 5.41) is 0. The van der Waals surface area contributed by atoms with Gasteiger partial charge in [-0.05, 0) is 53.1 Å². The molecule has 6 rings (SSSR count). The number of para-hydroxylation sites is 1. The summed E-state index contributed by atoms with van der Waals surface area (Å²) in [5.74, 6) is 3.03. The molecule has 0 fully saturated rings. The van der Waals surface area contributed by atoms with Gasteiger partial charge in [-0.3, -0.25) is 0 Å². The standard InChI is InChI=1S/C30H27NO3/c1-32-24-15-16-28-26(17-24)27-20-34-29-10-6-5-9-25(29)30(27)31(28)18-21-11-13-23(14-12-21)33-19-22-7-3-2-4-8-22/h2-17,27,30H,18-20H2,1H3. The van der Waals surface area contributed by atoms with E-state index in [1.807, 2.05) is 24.3 Å². The normalized spacial score (nSPS) is 17.9. The van der Waals surface area contributed by atoms with Gasteiger partial charge < -0.3 is 19.1 Å². The third kappa shape index (κ3) is 3.75. The number of benzene rings is 4. The molecule has 0 aromatic heterocycles. The van der Waals surface area contributed by atoms with Gasteiger partial charge in [-0.15, -0.1) is 0 Å². The minimum atomic E-state index is 0.237. The molecular weight excluding hydrogens is 422 g/mol. The van der Waals surface area contributed by atoms with Crippen molar-refractivity contribution >= 4 is 5.69 Å². The van der Waals surface area contributed by atoms with Crippen LogP contribution >= 0.6 is 0 Å². The van der Waals surface area contributed by atoms with Crippen LogP contribution in [0, 0.1) is 0 Å². The van der Waals surface area contributed by atoms with Gasteiger partial charge in [-0.25, -0.2) is 0 Å². The van der Waals surface area contributed by atoms with Crippen LogP contribution in [0.15, 0.2) is 97.1 Å².